The van der Waals surface area contributed by atoms with Crippen LogP contribution in [0.4, 0.5) is 13.6 Å². The van der Waals surface area contributed by atoms with E-state index in [9.17, 15) is 13.6 Å². The molecular formula is C22H26F2N6O2. The van der Waals surface area contributed by atoms with E-state index >= 15 is 0 Å². The third kappa shape index (κ3) is 4.14. The maximum atomic E-state index is 13.9. The van der Waals surface area contributed by atoms with Gasteiger partial charge in [-0.25, -0.2) is 13.6 Å². The molecule has 1 unspecified atom stereocenters. The fourth-order valence-corrected chi connectivity index (χ4v) is 3.86. The fraction of sp³-hybridized carbons (Fsp3) is 0.455. The van der Waals surface area contributed by atoms with Crippen LogP contribution in [-0.4, -0.2) is 44.4 Å². The first-order valence-corrected chi connectivity index (χ1v) is 10.4. The second kappa shape index (κ2) is 8.09. The number of aromatic nitrogens is 4. The number of halogens is 2. The molecule has 4 rings (SSSR count). The van der Waals surface area contributed by atoms with E-state index in [0.29, 0.717) is 35.9 Å². The fourth-order valence-electron chi connectivity index (χ4n) is 3.86. The van der Waals surface area contributed by atoms with Gasteiger partial charge in [-0.1, -0.05) is 25.9 Å². The first kappa shape index (κ1) is 22.1. The third-order valence-corrected chi connectivity index (χ3v) is 5.56. The van der Waals surface area contributed by atoms with Crippen molar-refractivity contribution in [3.8, 4) is 11.3 Å². The van der Waals surface area contributed by atoms with Crippen molar-refractivity contribution in [2.45, 2.75) is 46.7 Å². The summed E-state index contributed by atoms with van der Waals surface area (Å²) in [4.78, 5) is 19.7. The van der Waals surface area contributed by atoms with Crippen molar-refractivity contribution in [3.05, 3.63) is 52.8 Å². The Bertz CT molecular complexity index is 1160. The minimum absolute atomic E-state index is 0.310. The number of aryl methyl sites for hydroxylation is 1. The maximum absolute atomic E-state index is 13.9. The van der Waals surface area contributed by atoms with Crippen LogP contribution in [0.3, 0.4) is 0 Å². The molecule has 32 heavy (non-hydrogen) atoms. The van der Waals surface area contributed by atoms with Gasteiger partial charge < -0.3 is 14.7 Å². The molecule has 0 saturated heterocycles. The summed E-state index contributed by atoms with van der Waals surface area (Å²) >= 11 is 0. The van der Waals surface area contributed by atoms with Gasteiger partial charge in [0.05, 0.1) is 11.4 Å². The Labute approximate surface area is 184 Å². The lowest BCUT2D eigenvalue weighted by Gasteiger charge is -2.28. The molecule has 1 aromatic carbocycles. The molecule has 1 N–H and O–H groups in total. The van der Waals surface area contributed by atoms with Crippen LogP contribution in [0.15, 0.2) is 22.7 Å². The van der Waals surface area contributed by atoms with E-state index in [1.807, 2.05) is 27.8 Å². The highest BCUT2D eigenvalue weighted by Gasteiger charge is 2.35. The molecule has 0 radical (unpaired) electrons. The van der Waals surface area contributed by atoms with Crippen molar-refractivity contribution in [2.75, 3.05) is 13.6 Å². The Morgan fingerprint density at radius 1 is 1.25 bits per heavy atom. The highest BCUT2D eigenvalue weighted by Crippen LogP contribution is 2.33. The Hall–Kier alpha value is -3.14. The van der Waals surface area contributed by atoms with Crippen LogP contribution in [0.1, 0.15) is 49.8 Å². The van der Waals surface area contributed by atoms with Crippen LogP contribution >= 0.6 is 0 Å². The summed E-state index contributed by atoms with van der Waals surface area (Å²) in [7, 11) is 1.96. The molecule has 0 bridgehead atoms. The molecule has 10 heteroatoms. The normalized spacial score (nSPS) is 15.5. The van der Waals surface area contributed by atoms with Crippen LogP contribution in [-0.2, 0) is 13.0 Å². The molecule has 0 aliphatic carbocycles. The van der Waals surface area contributed by atoms with Gasteiger partial charge in [0.2, 0.25) is 5.89 Å². The average molecular weight is 444 g/mol. The SMILES string of the molecule is Cc1noc(C(NC(=O)n2nc(-c3ccc(F)c(F)c3)c3c2CCN(C)C3)C(C)(C)C)n1. The number of carbonyl (C=O) groups excluding carboxylic acids is 1. The smallest absolute Gasteiger partial charge is 0.337 e. The second-order valence-electron chi connectivity index (χ2n) is 9.23. The second-order valence-corrected chi connectivity index (χ2v) is 9.23. The van der Waals surface area contributed by atoms with Gasteiger partial charge >= 0.3 is 6.03 Å². The van der Waals surface area contributed by atoms with E-state index < -0.39 is 29.1 Å². The minimum Gasteiger partial charge on any atom is -0.337 e. The Morgan fingerprint density at radius 2 is 2.00 bits per heavy atom. The number of amides is 1. The van der Waals surface area contributed by atoms with Crippen molar-refractivity contribution in [1.82, 2.24) is 30.1 Å². The number of nitrogens with one attached hydrogen (secondary N) is 1. The third-order valence-electron chi connectivity index (χ3n) is 5.56. The minimum atomic E-state index is -0.959. The molecule has 3 aromatic rings. The van der Waals surface area contributed by atoms with Gasteiger partial charge in [-0.3, -0.25) is 0 Å². The lowest BCUT2D eigenvalue weighted by molar-refractivity contribution is 0.194. The van der Waals surface area contributed by atoms with Crippen LogP contribution < -0.4 is 5.32 Å². The van der Waals surface area contributed by atoms with E-state index in [1.54, 1.807) is 6.92 Å². The van der Waals surface area contributed by atoms with Crippen molar-refractivity contribution < 1.29 is 18.1 Å². The summed E-state index contributed by atoms with van der Waals surface area (Å²) in [6, 6.07) is 2.64. The Balaban J connectivity index is 1.74. The number of likely N-dealkylation sites (N-methyl/N-ethyl adjacent to an activating group) is 1. The van der Waals surface area contributed by atoms with Crippen molar-refractivity contribution in [3.63, 3.8) is 0 Å². The molecule has 0 saturated carbocycles. The molecule has 1 aliphatic heterocycles. The van der Waals surface area contributed by atoms with Crippen LogP contribution in [0, 0.1) is 24.0 Å². The highest BCUT2D eigenvalue weighted by atomic mass is 19.2. The number of carbonyl (C=O) groups is 1. The van der Waals surface area contributed by atoms with Crippen LogP contribution in [0.5, 0.6) is 0 Å². The van der Waals surface area contributed by atoms with Gasteiger partial charge in [-0.2, -0.15) is 14.8 Å². The van der Waals surface area contributed by atoms with Crippen molar-refractivity contribution in [1.29, 1.82) is 0 Å². The molecule has 1 amide bonds. The zero-order chi connectivity index (χ0) is 23.2. The number of benzene rings is 1. The Kier molecular flexibility index (Phi) is 5.58. The first-order chi connectivity index (χ1) is 15.0. The van der Waals surface area contributed by atoms with E-state index in [0.717, 1.165) is 29.9 Å². The summed E-state index contributed by atoms with van der Waals surface area (Å²) in [5.74, 6) is -1.10. The Morgan fingerprint density at radius 3 is 2.62 bits per heavy atom. The van der Waals surface area contributed by atoms with Crippen molar-refractivity contribution in [2.24, 2.45) is 5.41 Å². The van der Waals surface area contributed by atoms with Crippen LogP contribution in [0.25, 0.3) is 11.3 Å². The topological polar surface area (TPSA) is 89.1 Å². The molecule has 0 spiro atoms. The predicted molar refractivity (Wildman–Crippen MR) is 113 cm³/mol. The summed E-state index contributed by atoms with van der Waals surface area (Å²) in [5.41, 5.74) is 2.03. The highest BCUT2D eigenvalue weighted by molar-refractivity contribution is 5.79. The number of hydrogen-bond acceptors (Lipinski definition) is 6. The van der Waals surface area contributed by atoms with Gasteiger partial charge in [0, 0.05) is 30.6 Å². The first-order valence-electron chi connectivity index (χ1n) is 10.4. The molecular weight excluding hydrogens is 418 g/mol. The van der Waals surface area contributed by atoms with Gasteiger partial charge in [0.15, 0.2) is 17.5 Å². The zero-order valence-electron chi connectivity index (χ0n) is 18.7. The molecule has 2 aromatic heterocycles. The number of rotatable bonds is 3. The van der Waals surface area contributed by atoms with Crippen LogP contribution in [0.2, 0.25) is 0 Å². The number of fused-ring (bicyclic) bond motifs is 1. The summed E-state index contributed by atoms with van der Waals surface area (Å²) in [6.45, 7) is 8.87. The maximum Gasteiger partial charge on any atom is 0.343 e. The molecule has 8 nitrogen and oxygen atoms in total. The van der Waals surface area contributed by atoms with Gasteiger partial charge in [0.25, 0.3) is 0 Å². The summed E-state index contributed by atoms with van der Waals surface area (Å²) in [6.07, 6.45) is 0.593. The van der Waals surface area contributed by atoms with E-state index in [1.165, 1.54) is 10.7 Å². The monoisotopic (exact) mass is 444 g/mol. The van der Waals surface area contributed by atoms with Crippen molar-refractivity contribution >= 4 is 6.03 Å². The molecule has 0 fully saturated rings. The molecule has 1 atom stereocenters. The van der Waals surface area contributed by atoms with E-state index in [2.05, 4.69) is 25.5 Å². The lowest BCUT2D eigenvalue weighted by atomic mass is 9.86. The quantitative estimate of drug-likeness (QED) is 0.660. The predicted octanol–water partition coefficient (Wildman–Crippen LogP) is 3.85. The number of nitrogens with zero attached hydrogens (tertiary/aromatic N) is 5. The molecule has 170 valence electrons. The largest absolute Gasteiger partial charge is 0.343 e. The zero-order valence-corrected chi connectivity index (χ0v) is 18.7. The average Bonchev–Trinajstić information content (AvgIpc) is 3.30. The summed E-state index contributed by atoms with van der Waals surface area (Å²) in [5, 5.41) is 11.3. The van der Waals surface area contributed by atoms with E-state index in [4.69, 9.17) is 4.52 Å². The van der Waals surface area contributed by atoms with Gasteiger partial charge in [-0.05, 0) is 37.6 Å². The number of hydrogen-bond donors (Lipinski definition) is 1. The summed E-state index contributed by atoms with van der Waals surface area (Å²) < 4.78 is 34.0. The lowest BCUT2D eigenvalue weighted by Crippen LogP contribution is -2.40. The standard InChI is InChI=1S/C22H26F2N6O2/c1-12-25-20(32-28-12)19(22(2,3)4)26-21(31)30-17-8-9-29(5)11-14(17)18(27-30)13-6-7-15(23)16(24)10-13/h6-7,10,19H,8-9,11H2,1-5H3,(H,26,31). The van der Waals surface area contributed by atoms with Gasteiger partial charge in [-0.15, -0.1) is 0 Å². The molecule has 1 aliphatic rings. The van der Waals surface area contributed by atoms with E-state index in [-0.39, 0.29) is 0 Å². The van der Waals surface area contributed by atoms with Gasteiger partial charge in [0.1, 0.15) is 6.04 Å². The molecule has 3 heterocycles.